The molecule has 1 aromatic carbocycles. The highest BCUT2D eigenvalue weighted by atomic mass is 16.1. The van der Waals surface area contributed by atoms with Crippen LogP contribution in [0.3, 0.4) is 0 Å². The summed E-state index contributed by atoms with van der Waals surface area (Å²) in [6.07, 6.45) is 4.02. The molecule has 2 aromatic rings. The topological polar surface area (TPSA) is 76.4 Å². The Bertz CT molecular complexity index is 683. The summed E-state index contributed by atoms with van der Waals surface area (Å²) in [6.45, 7) is 0.695. The molecule has 2 aliphatic rings. The van der Waals surface area contributed by atoms with Gasteiger partial charge in [-0.1, -0.05) is 12.1 Å². The normalized spacial score (nSPS) is 24.5. The van der Waals surface area contributed by atoms with Crippen LogP contribution in [-0.4, -0.2) is 29.0 Å². The van der Waals surface area contributed by atoms with Gasteiger partial charge in [0.2, 0.25) is 0 Å². The molecule has 4 N–H and O–H groups in total. The Morgan fingerprint density at radius 1 is 1.26 bits per heavy atom. The van der Waals surface area contributed by atoms with Crippen LogP contribution in [0, 0.1) is 0 Å². The van der Waals surface area contributed by atoms with Crippen molar-refractivity contribution in [3.63, 3.8) is 0 Å². The van der Waals surface area contributed by atoms with E-state index in [0.717, 1.165) is 18.4 Å². The van der Waals surface area contributed by atoms with Gasteiger partial charge in [0, 0.05) is 41.2 Å². The fourth-order valence-electron chi connectivity index (χ4n) is 3.49. The first-order chi connectivity index (χ1) is 8.86. The number of rotatable bonds is 0. The SMILES string of the molecule is O.O=C=C1CN[C@@H]2Cc3c[nH]c4cccc(c34)[C@H]2C1. The zero-order valence-electron chi connectivity index (χ0n) is 10.5. The van der Waals surface area contributed by atoms with Crippen molar-refractivity contribution in [1.82, 2.24) is 10.3 Å². The molecular weight excluding hydrogens is 240 g/mol. The first kappa shape index (κ1) is 12.2. The van der Waals surface area contributed by atoms with Crippen molar-refractivity contribution in [2.45, 2.75) is 24.8 Å². The van der Waals surface area contributed by atoms with Crippen LogP contribution in [0.15, 0.2) is 30.0 Å². The Morgan fingerprint density at radius 2 is 2.16 bits per heavy atom. The van der Waals surface area contributed by atoms with Crippen molar-refractivity contribution in [1.29, 1.82) is 0 Å². The molecule has 2 heterocycles. The fraction of sp³-hybridized carbons (Fsp3) is 0.333. The number of aromatic nitrogens is 1. The maximum absolute atomic E-state index is 10.9. The summed E-state index contributed by atoms with van der Waals surface area (Å²) in [6, 6.07) is 6.87. The summed E-state index contributed by atoms with van der Waals surface area (Å²) < 4.78 is 0. The van der Waals surface area contributed by atoms with E-state index in [1.54, 1.807) is 0 Å². The molecule has 1 aromatic heterocycles. The number of fused-ring (bicyclic) bond motifs is 2. The van der Waals surface area contributed by atoms with Crippen molar-refractivity contribution in [3.05, 3.63) is 41.1 Å². The summed E-state index contributed by atoms with van der Waals surface area (Å²) in [5, 5.41) is 4.85. The van der Waals surface area contributed by atoms with Gasteiger partial charge in [0.05, 0.1) is 0 Å². The monoisotopic (exact) mass is 256 g/mol. The third-order valence-corrected chi connectivity index (χ3v) is 4.33. The third kappa shape index (κ3) is 1.65. The van der Waals surface area contributed by atoms with Crippen molar-refractivity contribution < 1.29 is 10.3 Å². The van der Waals surface area contributed by atoms with Crippen molar-refractivity contribution >= 4 is 16.8 Å². The minimum Gasteiger partial charge on any atom is -0.412 e. The van der Waals surface area contributed by atoms with Crippen LogP contribution in [0.25, 0.3) is 10.9 Å². The van der Waals surface area contributed by atoms with E-state index < -0.39 is 0 Å². The second-order valence-electron chi connectivity index (χ2n) is 5.29. The molecule has 2 atom stereocenters. The fourth-order valence-corrected chi connectivity index (χ4v) is 3.49. The van der Waals surface area contributed by atoms with E-state index in [0.29, 0.717) is 18.5 Å². The van der Waals surface area contributed by atoms with Crippen LogP contribution in [0.4, 0.5) is 0 Å². The summed E-state index contributed by atoms with van der Waals surface area (Å²) in [7, 11) is 0. The zero-order chi connectivity index (χ0) is 12.1. The van der Waals surface area contributed by atoms with Gasteiger partial charge in [-0.25, -0.2) is 4.79 Å². The lowest BCUT2D eigenvalue weighted by Gasteiger charge is -2.36. The number of nitrogens with one attached hydrogen (secondary N) is 2. The number of hydrogen-bond donors (Lipinski definition) is 2. The molecule has 0 saturated carbocycles. The number of piperidine rings is 1. The number of H-pyrrole nitrogens is 1. The van der Waals surface area contributed by atoms with Gasteiger partial charge in [0.1, 0.15) is 5.94 Å². The highest BCUT2D eigenvalue weighted by molar-refractivity contribution is 5.88. The van der Waals surface area contributed by atoms with Crippen molar-refractivity contribution in [2.24, 2.45) is 0 Å². The standard InChI is InChI=1S/C15H14N2O.H2O/c18-8-9-4-12-11-2-1-3-13-15(11)10(7-17-13)5-14(12)16-6-9;/h1-3,7,12,14,16-17H,4-6H2;1H2/t12-,14-;/m1./s1. The average molecular weight is 256 g/mol. The van der Waals surface area contributed by atoms with E-state index in [4.69, 9.17) is 0 Å². The van der Waals surface area contributed by atoms with Crippen LogP contribution in [0.1, 0.15) is 23.5 Å². The van der Waals surface area contributed by atoms with E-state index in [1.807, 2.05) is 0 Å². The van der Waals surface area contributed by atoms with E-state index >= 15 is 0 Å². The molecule has 0 unspecified atom stereocenters. The molecule has 0 bridgehead atoms. The van der Waals surface area contributed by atoms with Gasteiger partial charge >= 0.3 is 0 Å². The summed E-state index contributed by atoms with van der Waals surface area (Å²) in [5.41, 5.74) is 4.85. The molecule has 1 aliphatic heterocycles. The van der Waals surface area contributed by atoms with Gasteiger partial charge in [-0.05, 0) is 30.0 Å². The zero-order valence-corrected chi connectivity index (χ0v) is 10.5. The predicted molar refractivity (Wildman–Crippen MR) is 74.0 cm³/mol. The molecule has 1 saturated heterocycles. The van der Waals surface area contributed by atoms with Gasteiger partial charge in [-0.15, -0.1) is 0 Å². The lowest BCUT2D eigenvalue weighted by molar-refractivity contribution is 0.393. The molecule has 1 fully saturated rings. The minimum absolute atomic E-state index is 0. The van der Waals surface area contributed by atoms with Crippen molar-refractivity contribution in [2.75, 3.05) is 6.54 Å². The van der Waals surface area contributed by atoms with Crippen LogP contribution in [-0.2, 0) is 11.2 Å². The minimum atomic E-state index is 0. The second kappa shape index (κ2) is 4.35. The Hall–Kier alpha value is -1.87. The predicted octanol–water partition coefficient (Wildman–Crippen LogP) is 1.10. The first-order valence-corrected chi connectivity index (χ1v) is 6.42. The Labute approximate surface area is 110 Å². The molecule has 0 amide bonds. The van der Waals surface area contributed by atoms with Crippen molar-refractivity contribution in [3.8, 4) is 0 Å². The number of benzene rings is 1. The highest BCUT2D eigenvalue weighted by Crippen LogP contribution is 2.41. The van der Waals surface area contributed by atoms with Crippen LogP contribution in [0.2, 0.25) is 0 Å². The number of carbonyl (C=O) groups excluding carboxylic acids is 1. The van der Waals surface area contributed by atoms with E-state index in [9.17, 15) is 4.79 Å². The van der Waals surface area contributed by atoms with Gasteiger partial charge < -0.3 is 15.8 Å². The smallest absolute Gasteiger partial charge is 0.124 e. The van der Waals surface area contributed by atoms with Crippen LogP contribution >= 0.6 is 0 Å². The maximum Gasteiger partial charge on any atom is 0.124 e. The molecule has 98 valence electrons. The summed E-state index contributed by atoms with van der Waals surface area (Å²) >= 11 is 0. The Kier molecular flexibility index (Phi) is 2.79. The van der Waals surface area contributed by atoms with Gasteiger partial charge in [-0.3, -0.25) is 0 Å². The molecule has 0 spiro atoms. The molecular formula is C15H16N2O2. The Morgan fingerprint density at radius 3 is 3.00 bits per heavy atom. The van der Waals surface area contributed by atoms with E-state index in [-0.39, 0.29) is 5.48 Å². The summed E-state index contributed by atoms with van der Waals surface area (Å²) in [4.78, 5) is 14.2. The quantitative estimate of drug-likeness (QED) is 0.692. The molecule has 4 rings (SSSR count). The maximum atomic E-state index is 10.9. The third-order valence-electron chi connectivity index (χ3n) is 4.33. The molecule has 4 heteroatoms. The lowest BCUT2D eigenvalue weighted by Crippen LogP contribution is -2.44. The van der Waals surface area contributed by atoms with Gasteiger partial charge in [0.15, 0.2) is 0 Å². The van der Waals surface area contributed by atoms with Gasteiger partial charge in [0.25, 0.3) is 0 Å². The summed E-state index contributed by atoms with van der Waals surface area (Å²) in [5.74, 6) is 2.50. The molecule has 19 heavy (non-hydrogen) atoms. The highest BCUT2D eigenvalue weighted by Gasteiger charge is 2.34. The van der Waals surface area contributed by atoms with Crippen LogP contribution < -0.4 is 5.32 Å². The van der Waals surface area contributed by atoms with Crippen LogP contribution in [0.5, 0.6) is 0 Å². The van der Waals surface area contributed by atoms with E-state index in [2.05, 4.69) is 40.6 Å². The Balaban J connectivity index is 0.00000110. The lowest BCUT2D eigenvalue weighted by atomic mass is 9.75. The number of aromatic amines is 1. The van der Waals surface area contributed by atoms with Gasteiger partial charge in [-0.2, -0.15) is 0 Å². The van der Waals surface area contributed by atoms with E-state index in [1.165, 1.54) is 22.0 Å². The number of hydrogen-bond acceptors (Lipinski definition) is 2. The molecule has 1 aliphatic carbocycles. The molecule has 0 radical (unpaired) electrons. The average Bonchev–Trinajstić information content (AvgIpc) is 2.83. The largest absolute Gasteiger partial charge is 0.412 e. The second-order valence-corrected chi connectivity index (χ2v) is 5.29. The molecule has 4 nitrogen and oxygen atoms in total. The first-order valence-electron chi connectivity index (χ1n) is 6.42.